The number of carbonyl (C=O) groups excluding carboxylic acids is 1. The minimum absolute atomic E-state index is 0.138. The fraction of sp³-hybridized carbons (Fsp3) is 0.312. The highest BCUT2D eigenvalue weighted by molar-refractivity contribution is 7.99. The second-order valence-electron chi connectivity index (χ2n) is 5.50. The molecule has 0 atom stereocenters. The number of hydrogen-bond donors (Lipinski definition) is 1. The van der Waals surface area contributed by atoms with Crippen molar-refractivity contribution < 1.29 is 9.21 Å². The Labute approximate surface area is 137 Å². The number of carbonyl (C=O) groups is 1. The number of thioether (sulfide) groups is 1. The zero-order chi connectivity index (χ0) is 15.6. The van der Waals surface area contributed by atoms with Crippen LogP contribution in [0.4, 0.5) is 0 Å². The highest BCUT2D eigenvalue weighted by Gasteiger charge is 2.19. The summed E-state index contributed by atoms with van der Waals surface area (Å²) in [6.07, 6.45) is 4.06. The van der Waals surface area contributed by atoms with Crippen molar-refractivity contribution >= 4 is 28.6 Å². The van der Waals surface area contributed by atoms with Gasteiger partial charge >= 0.3 is 0 Å². The average molecular weight is 328 g/mol. The molecule has 4 rings (SSSR count). The summed E-state index contributed by atoms with van der Waals surface area (Å²) >= 11 is 1.30. The van der Waals surface area contributed by atoms with Gasteiger partial charge in [-0.05, 0) is 18.9 Å². The summed E-state index contributed by atoms with van der Waals surface area (Å²) in [5.74, 6) is 0.952. The highest BCUT2D eigenvalue weighted by Crippen LogP contribution is 2.29. The van der Waals surface area contributed by atoms with Crippen LogP contribution in [0.1, 0.15) is 12.8 Å². The lowest BCUT2D eigenvalue weighted by molar-refractivity contribution is -0.127. The second kappa shape index (κ2) is 6.08. The van der Waals surface area contributed by atoms with Gasteiger partial charge in [0, 0.05) is 30.2 Å². The van der Waals surface area contributed by atoms with Crippen molar-refractivity contribution in [3.05, 3.63) is 30.5 Å². The van der Waals surface area contributed by atoms with Gasteiger partial charge in [-0.3, -0.25) is 4.79 Å². The third-order valence-electron chi connectivity index (χ3n) is 4.00. The SMILES string of the molecule is O=C(CSc1nnc(-c2c[nH]c3ccccc23)o1)N1CCCC1. The summed E-state index contributed by atoms with van der Waals surface area (Å²) in [5.41, 5.74) is 1.91. The first-order valence-corrected chi connectivity index (χ1v) is 8.60. The number of fused-ring (bicyclic) bond motifs is 1. The Bertz CT molecular complexity index is 835. The molecule has 1 fully saturated rings. The maximum atomic E-state index is 12.0. The monoisotopic (exact) mass is 328 g/mol. The number of hydrogen-bond acceptors (Lipinski definition) is 5. The van der Waals surface area contributed by atoms with Crippen molar-refractivity contribution in [3.8, 4) is 11.5 Å². The van der Waals surface area contributed by atoms with Crippen molar-refractivity contribution in [2.45, 2.75) is 18.1 Å². The Kier molecular flexibility index (Phi) is 3.78. The van der Waals surface area contributed by atoms with Crippen molar-refractivity contribution in [2.75, 3.05) is 18.8 Å². The zero-order valence-electron chi connectivity index (χ0n) is 12.5. The van der Waals surface area contributed by atoms with Gasteiger partial charge in [0.25, 0.3) is 11.1 Å². The summed E-state index contributed by atoms with van der Waals surface area (Å²) in [6, 6.07) is 7.96. The molecule has 3 heterocycles. The lowest BCUT2D eigenvalue weighted by atomic mass is 10.2. The van der Waals surface area contributed by atoms with Gasteiger partial charge in [0.15, 0.2) is 0 Å². The predicted octanol–water partition coefficient (Wildman–Crippen LogP) is 2.93. The fourth-order valence-electron chi connectivity index (χ4n) is 2.81. The molecule has 0 radical (unpaired) electrons. The summed E-state index contributed by atoms with van der Waals surface area (Å²) in [6.45, 7) is 1.73. The van der Waals surface area contributed by atoms with Crippen LogP contribution in [0, 0.1) is 0 Å². The first-order valence-electron chi connectivity index (χ1n) is 7.62. The van der Waals surface area contributed by atoms with Crippen LogP contribution in [0.3, 0.4) is 0 Å². The number of aromatic amines is 1. The van der Waals surface area contributed by atoms with E-state index >= 15 is 0 Å². The van der Waals surface area contributed by atoms with E-state index < -0.39 is 0 Å². The molecule has 6 nitrogen and oxygen atoms in total. The Hall–Kier alpha value is -2.28. The van der Waals surface area contributed by atoms with Crippen LogP contribution in [0.15, 0.2) is 40.1 Å². The van der Waals surface area contributed by atoms with Gasteiger partial charge in [-0.2, -0.15) is 0 Å². The van der Waals surface area contributed by atoms with E-state index in [1.807, 2.05) is 35.4 Å². The Balaban J connectivity index is 1.47. The quantitative estimate of drug-likeness (QED) is 0.745. The molecule has 1 aliphatic rings. The number of nitrogens with zero attached hydrogens (tertiary/aromatic N) is 3. The first kappa shape index (κ1) is 14.3. The number of rotatable bonds is 4. The molecule has 7 heteroatoms. The maximum absolute atomic E-state index is 12.0. The number of H-pyrrole nitrogens is 1. The summed E-state index contributed by atoms with van der Waals surface area (Å²) in [4.78, 5) is 17.1. The number of aromatic nitrogens is 3. The smallest absolute Gasteiger partial charge is 0.277 e. The molecular formula is C16H16N4O2S. The summed E-state index contributed by atoms with van der Waals surface area (Å²) < 4.78 is 5.70. The standard InChI is InChI=1S/C16H16N4O2S/c21-14(20-7-3-4-8-20)10-23-16-19-18-15(22-16)12-9-17-13-6-2-1-5-11(12)13/h1-2,5-6,9,17H,3-4,7-8,10H2. The van der Waals surface area contributed by atoms with Crippen LogP contribution in [0.25, 0.3) is 22.4 Å². The largest absolute Gasteiger partial charge is 0.411 e. The Morgan fingerprint density at radius 3 is 2.96 bits per heavy atom. The van der Waals surface area contributed by atoms with Gasteiger partial charge < -0.3 is 14.3 Å². The minimum Gasteiger partial charge on any atom is -0.411 e. The van der Waals surface area contributed by atoms with Crippen molar-refractivity contribution in [3.63, 3.8) is 0 Å². The number of likely N-dealkylation sites (tertiary alicyclic amines) is 1. The van der Waals surface area contributed by atoms with Crippen molar-refractivity contribution in [1.29, 1.82) is 0 Å². The summed E-state index contributed by atoms with van der Waals surface area (Å²) in [7, 11) is 0. The second-order valence-corrected chi connectivity index (χ2v) is 6.42. The lowest BCUT2D eigenvalue weighted by Gasteiger charge is -2.13. The van der Waals surface area contributed by atoms with Crippen LogP contribution >= 0.6 is 11.8 Å². The zero-order valence-corrected chi connectivity index (χ0v) is 13.3. The molecule has 0 unspecified atom stereocenters. The number of para-hydroxylation sites is 1. The van der Waals surface area contributed by atoms with Crippen LogP contribution in [-0.4, -0.2) is 44.8 Å². The Morgan fingerprint density at radius 2 is 2.09 bits per heavy atom. The van der Waals surface area contributed by atoms with Gasteiger partial charge in [0.05, 0.1) is 11.3 Å². The molecule has 23 heavy (non-hydrogen) atoms. The molecule has 0 aliphatic carbocycles. The molecule has 1 saturated heterocycles. The van der Waals surface area contributed by atoms with E-state index in [1.165, 1.54) is 11.8 Å². The topological polar surface area (TPSA) is 75.0 Å². The van der Waals surface area contributed by atoms with Crippen LogP contribution < -0.4 is 0 Å². The number of benzene rings is 1. The van der Waals surface area contributed by atoms with Crippen molar-refractivity contribution in [1.82, 2.24) is 20.1 Å². The molecule has 0 saturated carbocycles. The van der Waals surface area contributed by atoms with E-state index in [1.54, 1.807) is 0 Å². The molecule has 118 valence electrons. The van der Waals surface area contributed by atoms with Crippen LogP contribution in [-0.2, 0) is 4.79 Å². The molecule has 1 aromatic carbocycles. The van der Waals surface area contributed by atoms with Gasteiger partial charge in [-0.25, -0.2) is 0 Å². The van der Waals surface area contributed by atoms with Crippen LogP contribution in [0.2, 0.25) is 0 Å². The van der Waals surface area contributed by atoms with E-state index in [0.29, 0.717) is 16.9 Å². The maximum Gasteiger partial charge on any atom is 0.277 e. The highest BCUT2D eigenvalue weighted by atomic mass is 32.2. The van der Waals surface area contributed by atoms with E-state index in [0.717, 1.165) is 42.4 Å². The lowest BCUT2D eigenvalue weighted by Crippen LogP contribution is -2.29. The van der Waals surface area contributed by atoms with Crippen LogP contribution in [0.5, 0.6) is 0 Å². The minimum atomic E-state index is 0.138. The normalized spacial score (nSPS) is 14.7. The van der Waals surface area contributed by atoms with Crippen molar-refractivity contribution in [2.24, 2.45) is 0 Å². The molecule has 2 aromatic heterocycles. The molecule has 0 bridgehead atoms. The molecule has 1 N–H and O–H groups in total. The number of nitrogens with one attached hydrogen (secondary N) is 1. The number of amides is 1. The van der Waals surface area contributed by atoms with Gasteiger partial charge in [-0.1, -0.05) is 30.0 Å². The molecule has 1 amide bonds. The predicted molar refractivity (Wildman–Crippen MR) is 88.1 cm³/mol. The van der Waals surface area contributed by atoms with E-state index in [4.69, 9.17) is 4.42 Å². The molecular weight excluding hydrogens is 312 g/mol. The van der Waals surface area contributed by atoms with Gasteiger partial charge in [0.2, 0.25) is 5.91 Å². The first-order chi connectivity index (χ1) is 11.3. The third-order valence-corrected chi connectivity index (χ3v) is 4.81. The molecule has 1 aliphatic heterocycles. The summed E-state index contributed by atoms with van der Waals surface area (Å²) in [5, 5.41) is 9.61. The van der Waals surface area contributed by atoms with Gasteiger partial charge in [0.1, 0.15) is 0 Å². The average Bonchev–Trinajstić information content (AvgIpc) is 3.31. The van der Waals surface area contributed by atoms with E-state index in [9.17, 15) is 4.79 Å². The fourth-order valence-corrected chi connectivity index (χ4v) is 3.47. The molecule has 0 spiro atoms. The molecule has 3 aromatic rings. The van der Waals surface area contributed by atoms with Gasteiger partial charge in [-0.15, -0.1) is 10.2 Å². The third kappa shape index (κ3) is 2.84. The van der Waals surface area contributed by atoms with E-state index in [2.05, 4.69) is 15.2 Å². The Morgan fingerprint density at radius 1 is 1.26 bits per heavy atom. The van der Waals surface area contributed by atoms with E-state index in [-0.39, 0.29) is 5.91 Å².